The minimum absolute atomic E-state index is 0.282. The summed E-state index contributed by atoms with van der Waals surface area (Å²) >= 11 is 12.5. The third kappa shape index (κ3) is 3.66. The van der Waals surface area contributed by atoms with Crippen LogP contribution in [0.1, 0.15) is 15.4 Å². The zero-order chi connectivity index (χ0) is 14.7. The highest BCUT2D eigenvalue weighted by Gasteiger charge is 2.16. The van der Waals surface area contributed by atoms with E-state index in [4.69, 9.17) is 23.2 Å². The van der Waals surface area contributed by atoms with E-state index in [0.29, 0.717) is 21.4 Å². The predicted octanol–water partition coefficient (Wildman–Crippen LogP) is 3.12. The van der Waals surface area contributed by atoms with Gasteiger partial charge in [0.05, 0.1) is 5.69 Å². The molecule has 0 aliphatic carbocycles. The summed E-state index contributed by atoms with van der Waals surface area (Å²) in [6.07, 6.45) is 0. The maximum atomic E-state index is 11.8. The van der Waals surface area contributed by atoms with Crippen LogP contribution in [0.5, 0.6) is 0 Å². The molecule has 1 aromatic carbocycles. The number of aryl methyl sites for hydroxylation is 1. The number of nitrogens with one attached hydrogen (secondary N) is 2. The second-order valence-corrected chi connectivity index (χ2v) is 5.38. The Labute approximate surface area is 128 Å². The lowest BCUT2D eigenvalue weighted by Gasteiger charge is -2.06. The SMILES string of the molecule is Cc1nnsc1C(=O)NC(=O)Nc1cc(Cl)cc(Cl)c1. The van der Waals surface area contributed by atoms with Gasteiger partial charge < -0.3 is 5.32 Å². The molecule has 0 saturated carbocycles. The Morgan fingerprint density at radius 3 is 2.40 bits per heavy atom. The summed E-state index contributed by atoms with van der Waals surface area (Å²) in [4.78, 5) is 23.7. The lowest BCUT2D eigenvalue weighted by molar-refractivity contribution is 0.0970. The molecule has 6 nitrogen and oxygen atoms in total. The van der Waals surface area contributed by atoms with Gasteiger partial charge in [-0.25, -0.2) is 4.79 Å². The number of nitrogens with zero attached hydrogens (tertiary/aromatic N) is 2. The van der Waals surface area contributed by atoms with E-state index in [9.17, 15) is 9.59 Å². The van der Waals surface area contributed by atoms with Crippen molar-refractivity contribution in [3.63, 3.8) is 0 Å². The number of aromatic nitrogens is 2. The molecular weight excluding hydrogens is 323 g/mol. The summed E-state index contributed by atoms with van der Waals surface area (Å²) < 4.78 is 3.62. The van der Waals surface area contributed by atoms with Gasteiger partial charge in [0, 0.05) is 15.7 Å². The molecule has 20 heavy (non-hydrogen) atoms. The molecule has 0 saturated heterocycles. The van der Waals surface area contributed by atoms with Crippen molar-refractivity contribution in [1.29, 1.82) is 0 Å². The van der Waals surface area contributed by atoms with Crippen molar-refractivity contribution in [2.24, 2.45) is 0 Å². The van der Waals surface area contributed by atoms with Crippen molar-refractivity contribution in [1.82, 2.24) is 14.9 Å². The van der Waals surface area contributed by atoms with Crippen LogP contribution in [0.15, 0.2) is 18.2 Å². The van der Waals surface area contributed by atoms with Crippen LogP contribution >= 0.6 is 34.7 Å². The first kappa shape index (κ1) is 14.7. The molecule has 104 valence electrons. The molecular formula is C11H8Cl2N4O2S. The van der Waals surface area contributed by atoms with Crippen LogP contribution in [0, 0.1) is 6.92 Å². The van der Waals surface area contributed by atoms with Crippen LogP contribution in [-0.4, -0.2) is 21.5 Å². The van der Waals surface area contributed by atoms with Gasteiger partial charge in [-0.2, -0.15) is 0 Å². The fraction of sp³-hybridized carbons (Fsp3) is 0.0909. The average molecular weight is 331 g/mol. The topological polar surface area (TPSA) is 84.0 Å². The highest BCUT2D eigenvalue weighted by atomic mass is 35.5. The Hall–Kier alpha value is -1.70. The van der Waals surface area contributed by atoms with Crippen LogP contribution in [0.4, 0.5) is 10.5 Å². The Morgan fingerprint density at radius 1 is 1.20 bits per heavy atom. The van der Waals surface area contributed by atoms with E-state index in [0.717, 1.165) is 11.5 Å². The van der Waals surface area contributed by atoms with Gasteiger partial charge in [-0.05, 0) is 36.7 Å². The highest BCUT2D eigenvalue weighted by molar-refractivity contribution is 7.08. The van der Waals surface area contributed by atoms with E-state index < -0.39 is 11.9 Å². The summed E-state index contributed by atoms with van der Waals surface area (Å²) in [5.41, 5.74) is 0.845. The van der Waals surface area contributed by atoms with Gasteiger partial charge in [-0.15, -0.1) is 5.10 Å². The summed E-state index contributed by atoms with van der Waals surface area (Å²) in [6, 6.07) is 3.86. The van der Waals surface area contributed by atoms with Crippen LogP contribution in [0.25, 0.3) is 0 Å². The minimum Gasteiger partial charge on any atom is -0.308 e. The number of urea groups is 1. The summed E-state index contributed by atoms with van der Waals surface area (Å²) in [5.74, 6) is -0.567. The Balaban J connectivity index is 2.02. The molecule has 0 fully saturated rings. The number of anilines is 1. The van der Waals surface area contributed by atoms with E-state index in [1.165, 1.54) is 18.2 Å². The Morgan fingerprint density at radius 2 is 1.85 bits per heavy atom. The third-order valence-corrected chi connectivity index (χ3v) is 3.47. The number of hydrogen-bond donors (Lipinski definition) is 2. The molecule has 9 heteroatoms. The zero-order valence-corrected chi connectivity index (χ0v) is 12.4. The number of amides is 3. The number of rotatable bonds is 2. The maximum absolute atomic E-state index is 11.8. The van der Waals surface area contributed by atoms with E-state index in [-0.39, 0.29) is 4.88 Å². The van der Waals surface area contributed by atoms with Gasteiger partial charge in [0.25, 0.3) is 5.91 Å². The van der Waals surface area contributed by atoms with E-state index in [1.807, 2.05) is 0 Å². The summed E-state index contributed by atoms with van der Waals surface area (Å²) in [5, 5.41) is 9.07. The fourth-order valence-corrected chi connectivity index (χ4v) is 2.47. The lowest BCUT2D eigenvalue weighted by Crippen LogP contribution is -2.34. The Bertz CT molecular complexity index is 654. The van der Waals surface area contributed by atoms with Gasteiger partial charge >= 0.3 is 6.03 Å². The van der Waals surface area contributed by atoms with Crippen LogP contribution in [-0.2, 0) is 0 Å². The highest BCUT2D eigenvalue weighted by Crippen LogP contribution is 2.22. The second kappa shape index (κ2) is 6.17. The fourth-order valence-electron chi connectivity index (χ4n) is 1.39. The first-order valence-electron chi connectivity index (χ1n) is 5.33. The molecule has 0 aliphatic rings. The molecule has 0 aliphatic heterocycles. The van der Waals surface area contributed by atoms with Gasteiger partial charge in [0.1, 0.15) is 4.88 Å². The van der Waals surface area contributed by atoms with Gasteiger partial charge in [-0.1, -0.05) is 27.7 Å². The van der Waals surface area contributed by atoms with Crippen LogP contribution < -0.4 is 10.6 Å². The molecule has 0 bridgehead atoms. The second-order valence-electron chi connectivity index (χ2n) is 3.75. The molecule has 2 rings (SSSR count). The molecule has 3 amide bonds. The van der Waals surface area contributed by atoms with Crippen molar-refractivity contribution in [2.75, 3.05) is 5.32 Å². The zero-order valence-electron chi connectivity index (χ0n) is 10.1. The first-order valence-corrected chi connectivity index (χ1v) is 6.86. The first-order chi connectivity index (χ1) is 9.45. The van der Waals surface area contributed by atoms with Crippen molar-refractivity contribution >= 4 is 52.4 Å². The minimum atomic E-state index is -0.693. The lowest BCUT2D eigenvalue weighted by atomic mass is 10.3. The normalized spacial score (nSPS) is 10.2. The molecule has 2 N–H and O–H groups in total. The molecule has 0 radical (unpaired) electrons. The third-order valence-electron chi connectivity index (χ3n) is 2.21. The van der Waals surface area contributed by atoms with Gasteiger partial charge in [0.2, 0.25) is 0 Å². The molecule has 0 atom stereocenters. The summed E-state index contributed by atoms with van der Waals surface area (Å²) in [7, 11) is 0. The van der Waals surface area contributed by atoms with Crippen molar-refractivity contribution < 1.29 is 9.59 Å². The molecule has 0 unspecified atom stereocenters. The number of carbonyl (C=O) groups is 2. The van der Waals surface area contributed by atoms with Gasteiger partial charge in [0.15, 0.2) is 0 Å². The van der Waals surface area contributed by atoms with Crippen LogP contribution in [0.2, 0.25) is 10.0 Å². The monoisotopic (exact) mass is 330 g/mol. The molecule has 1 heterocycles. The quantitative estimate of drug-likeness (QED) is 0.885. The standard InChI is InChI=1S/C11H8Cl2N4O2S/c1-5-9(20-17-16-5)10(18)15-11(19)14-8-3-6(12)2-7(13)4-8/h2-4H,1H3,(H2,14,15,18,19). The van der Waals surface area contributed by atoms with E-state index in [1.54, 1.807) is 6.92 Å². The number of hydrogen-bond acceptors (Lipinski definition) is 5. The average Bonchev–Trinajstić information content (AvgIpc) is 2.73. The summed E-state index contributed by atoms with van der Waals surface area (Å²) in [6.45, 7) is 1.63. The number of imide groups is 1. The van der Waals surface area contributed by atoms with Crippen molar-refractivity contribution in [3.8, 4) is 0 Å². The molecule has 2 aromatic rings. The van der Waals surface area contributed by atoms with Crippen LogP contribution in [0.3, 0.4) is 0 Å². The van der Waals surface area contributed by atoms with E-state index in [2.05, 4.69) is 20.2 Å². The molecule has 1 aromatic heterocycles. The maximum Gasteiger partial charge on any atom is 0.326 e. The van der Waals surface area contributed by atoms with Crippen molar-refractivity contribution in [3.05, 3.63) is 38.8 Å². The number of carbonyl (C=O) groups excluding carboxylic acids is 2. The Kier molecular flexibility index (Phi) is 4.53. The number of halogens is 2. The van der Waals surface area contributed by atoms with Gasteiger partial charge in [-0.3, -0.25) is 10.1 Å². The van der Waals surface area contributed by atoms with Crippen molar-refractivity contribution in [2.45, 2.75) is 6.92 Å². The largest absolute Gasteiger partial charge is 0.326 e. The number of benzene rings is 1. The predicted molar refractivity (Wildman–Crippen MR) is 77.6 cm³/mol. The smallest absolute Gasteiger partial charge is 0.308 e. The molecule has 0 spiro atoms. The van der Waals surface area contributed by atoms with E-state index >= 15 is 0 Å².